The van der Waals surface area contributed by atoms with Gasteiger partial charge in [0.25, 0.3) is 0 Å². The van der Waals surface area contributed by atoms with Crippen LogP contribution >= 0.6 is 0 Å². The molecule has 0 saturated heterocycles. The molecule has 1 fully saturated rings. The molecular weight excluding hydrogens is 232 g/mol. The summed E-state index contributed by atoms with van der Waals surface area (Å²) in [5.74, 6) is -0.311. The van der Waals surface area contributed by atoms with Crippen LogP contribution in [0.2, 0.25) is 0 Å². The molecule has 0 aromatic rings. The molecule has 0 spiro atoms. The first-order valence-corrected chi connectivity index (χ1v) is 6.75. The van der Waals surface area contributed by atoms with Crippen LogP contribution in [0.3, 0.4) is 0 Å². The molecule has 0 aliphatic heterocycles. The van der Waals surface area contributed by atoms with Crippen LogP contribution in [0.15, 0.2) is 0 Å². The molecule has 18 heavy (non-hydrogen) atoms. The Labute approximate surface area is 109 Å². The number of hydrogen-bond acceptors (Lipinski definition) is 4. The van der Waals surface area contributed by atoms with E-state index in [-0.39, 0.29) is 12.0 Å². The van der Waals surface area contributed by atoms with Gasteiger partial charge in [-0.25, -0.2) is 0 Å². The molecule has 1 aliphatic carbocycles. The molecule has 0 aromatic carbocycles. The number of ether oxygens (including phenoxy) is 2. The van der Waals surface area contributed by atoms with Crippen LogP contribution < -0.4 is 11.1 Å². The monoisotopic (exact) mass is 258 g/mol. The summed E-state index contributed by atoms with van der Waals surface area (Å²) in [5, 5.41) is 3.31. The summed E-state index contributed by atoms with van der Waals surface area (Å²) in [6, 6.07) is 0.443. The Hall–Kier alpha value is -0.650. The third-order valence-electron chi connectivity index (χ3n) is 3.17. The number of nitrogens with one attached hydrogen (secondary N) is 1. The van der Waals surface area contributed by atoms with Crippen molar-refractivity contribution in [1.82, 2.24) is 5.32 Å². The summed E-state index contributed by atoms with van der Waals surface area (Å²) in [5.41, 5.74) is 4.82. The quantitative estimate of drug-likeness (QED) is 0.569. The number of amides is 1. The molecule has 106 valence electrons. The largest absolute Gasteiger partial charge is 0.379 e. The maximum absolute atomic E-state index is 11.6. The second-order valence-electron chi connectivity index (χ2n) is 5.20. The zero-order chi connectivity index (χ0) is 13.6. The number of carbonyl (C=O) groups is 1. The minimum atomic E-state index is -0.674. The number of primary amides is 1. The maximum atomic E-state index is 11.6. The predicted octanol–water partition coefficient (Wildman–Crippen LogP) is 0.814. The molecule has 1 aliphatic rings. The van der Waals surface area contributed by atoms with E-state index >= 15 is 0 Å². The summed E-state index contributed by atoms with van der Waals surface area (Å²) in [7, 11) is 0. The molecule has 1 saturated carbocycles. The van der Waals surface area contributed by atoms with Gasteiger partial charge in [-0.05, 0) is 33.6 Å². The van der Waals surface area contributed by atoms with Crippen molar-refractivity contribution in [2.24, 2.45) is 5.73 Å². The lowest BCUT2D eigenvalue weighted by molar-refractivity contribution is -0.125. The van der Waals surface area contributed by atoms with Crippen LogP contribution in [0.25, 0.3) is 0 Å². The van der Waals surface area contributed by atoms with E-state index in [0.29, 0.717) is 32.3 Å². The summed E-state index contributed by atoms with van der Waals surface area (Å²) in [6.07, 6.45) is 2.82. The number of rotatable bonds is 10. The van der Waals surface area contributed by atoms with Gasteiger partial charge in [0.15, 0.2) is 0 Å². The van der Waals surface area contributed by atoms with Gasteiger partial charge in [0.05, 0.1) is 24.9 Å². The van der Waals surface area contributed by atoms with Gasteiger partial charge in [-0.15, -0.1) is 0 Å². The molecular formula is C13H26N2O3. The van der Waals surface area contributed by atoms with Crippen LogP contribution in [0.5, 0.6) is 0 Å². The van der Waals surface area contributed by atoms with Crippen molar-refractivity contribution in [3.63, 3.8) is 0 Å². The van der Waals surface area contributed by atoms with Crippen molar-refractivity contribution < 1.29 is 14.3 Å². The average Bonchev–Trinajstić information content (AvgIpc) is 3.07. The fraction of sp³-hybridized carbons (Fsp3) is 0.923. The van der Waals surface area contributed by atoms with E-state index in [1.807, 2.05) is 20.8 Å². The molecule has 5 nitrogen and oxygen atoms in total. The van der Waals surface area contributed by atoms with Gasteiger partial charge in [-0.3, -0.25) is 4.79 Å². The Balaban J connectivity index is 2.32. The lowest BCUT2D eigenvalue weighted by Crippen LogP contribution is -2.55. The van der Waals surface area contributed by atoms with E-state index < -0.39 is 5.54 Å². The zero-order valence-electron chi connectivity index (χ0n) is 11.7. The molecule has 5 heteroatoms. The van der Waals surface area contributed by atoms with Gasteiger partial charge in [0, 0.05) is 19.1 Å². The molecule has 1 rings (SSSR count). The van der Waals surface area contributed by atoms with Crippen LogP contribution in [0.4, 0.5) is 0 Å². The zero-order valence-corrected chi connectivity index (χ0v) is 11.7. The molecule has 0 aromatic heterocycles. The lowest BCUT2D eigenvalue weighted by Gasteiger charge is -2.30. The topological polar surface area (TPSA) is 73.6 Å². The van der Waals surface area contributed by atoms with Crippen molar-refractivity contribution >= 4 is 5.91 Å². The van der Waals surface area contributed by atoms with E-state index in [1.165, 1.54) is 0 Å². The van der Waals surface area contributed by atoms with Gasteiger partial charge < -0.3 is 20.5 Å². The Morgan fingerprint density at radius 2 is 2.17 bits per heavy atom. The third-order valence-corrected chi connectivity index (χ3v) is 3.17. The Morgan fingerprint density at radius 3 is 2.67 bits per heavy atom. The van der Waals surface area contributed by atoms with E-state index in [9.17, 15) is 4.79 Å². The van der Waals surface area contributed by atoms with Crippen molar-refractivity contribution in [3.8, 4) is 0 Å². The Morgan fingerprint density at radius 1 is 1.50 bits per heavy atom. The van der Waals surface area contributed by atoms with E-state index in [0.717, 1.165) is 12.8 Å². The van der Waals surface area contributed by atoms with Gasteiger partial charge in [-0.1, -0.05) is 0 Å². The Bertz CT molecular complexity index is 269. The second kappa shape index (κ2) is 7.07. The van der Waals surface area contributed by atoms with Crippen molar-refractivity contribution in [2.75, 3.05) is 19.8 Å². The standard InChI is InChI=1S/C13H26N2O3/c1-4-17-7-8-18-10(2)9-13(3,12(14)16)15-11-5-6-11/h10-11,15H,4-9H2,1-3H3,(H2,14,16). The molecule has 0 heterocycles. The number of carbonyl (C=O) groups excluding carboxylic acids is 1. The van der Waals surface area contributed by atoms with Crippen LogP contribution in [-0.4, -0.2) is 43.4 Å². The first kappa shape index (κ1) is 15.4. The molecule has 3 N–H and O–H groups in total. The molecule has 1 amide bonds. The van der Waals surface area contributed by atoms with Gasteiger partial charge in [0.1, 0.15) is 0 Å². The first-order chi connectivity index (χ1) is 8.48. The highest BCUT2D eigenvalue weighted by molar-refractivity contribution is 5.84. The maximum Gasteiger partial charge on any atom is 0.237 e. The second-order valence-corrected chi connectivity index (χ2v) is 5.20. The van der Waals surface area contributed by atoms with Crippen molar-refractivity contribution in [1.29, 1.82) is 0 Å². The van der Waals surface area contributed by atoms with E-state index in [2.05, 4.69) is 5.32 Å². The highest BCUT2D eigenvalue weighted by Gasteiger charge is 2.38. The molecule has 2 unspecified atom stereocenters. The van der Waals surface area contributed by atoms with Gasteiger partial charge in [0.2, 0.25) is 5.91 Å². The van der Waals surface area contributed by atoms with Gasteiger partial charge in [-0.2, -0.15) is 0 Å². The summed E-state index contributed by atoms with van der Waals surface area (Å²) in [6.45, 7) is 7.60. The van der Waals surface area contributed by atoms with Crippen LogP contribution in [0.1, 0.15) is 40.0 Å². The average molecular weight is 258 g/mol. The number of hydrogen-bond donors (Lipinski definition) is 2. The van der Waals surface area contributed by atoms with Crippen molar-refractivity contribution in [3.05, 3.63) is 0 Å². The van der Waals surface area contributed by atoms with Crippen molar-refractivity contribution in [2.45, 2.75) is 57.7 Å². The molecule has 0 bridgehead atoms. The lowest BCUT2D eigenvalue weighted by atomic mass is 9.93. The summed E-state index contributed by atoms with van der Waals surface area (Å²) < 4.78 is 10.8. The highest BCUT2D eigenvalue weighted by Crippen LogP contribution is 2.25. The highest BCUT2D eigenvalue weighted by atomic mass is 16.5. The van der Waals surface area contributed by atoms with Crippen LogP contribution in [-0.2, 0) is 14.3 Å². The molecule has 0 radical (unpaired) electrons. The van der Waals surface area contributed by atoms with E-state index in [4.69, 9.17) is 15.2 Å². The Kier molecular flexibility index (Phi) is 6.05. The van der Waals surface area contributed by atoms with Crippen LogP contribution in [0, 0.1) is 0 Å². The normalized spacial score (nSPS) is 20.4. The smallest absolute Gasteiger partial charge is 0.237 e. The van der Waals surface area contributed by atoms with Gasteiger partial charge >= 0.3 is 0 Å². The summed E-state index contributed by atoms with van der Waals surface area (Å²) in [4.78, 5) is 11.6. The van der Waals surface area contributed by atoms with E-state index in [1.54, 1.807) is 0 Å². The first-order valence-electron chi connectivity index (χ1n) is 6.75. The number of nitrogens with two attached hydrogens (primary N) is 1. The predicted molar refractivity (Wildman–Crippen MR) is 70.3 cm³/mol. The SMILES string of the molecule is CCOCCOC(C)CC(C)(NC1CC1)C(N)=O. The fourth-order valence-corrected chi connectivity index (χ4v) is 2.00. The minimum Gasteiger partial charge on any atom is -0.379 e. The molecule has 2 atom stereocenters. The minimum absolute atomic E-state index is 0.0193. The third kappa shape index (κ3) is 5.33. The fourth-order valence-electron chi connectivity index (χ4n) is 2.00. The summed E-state index contributed by atoms with van der Waals surface area (Å²) >= 11 is 0.